The number of ether oxygens (including phenoxy) is 1. The van der Waals surface area contributed by atoms with E-state index in [1.54, 1.807) is 0 Å². The Labute approximate surface area is 139 Å². The maximum Gasteiger partial charge on any atom is 0.310 e. The number of nitrogens with zero attached hydrogens (tertiary/aromatic N) is 1. The molecule has 2 aliphatic heterocycles. The summed E-state index contributed by atoms with van der Waals surface area (Å²) < 4.78 is 5.75. The van der Waals surface area contributed by atoms with Crippen LogP contribution in [0, 0.1) is 11.8 Å². The maximum atomic E-state index is 13.0. The summed E-state index contributed by atoms with van der Waals surface area (Å²) in [5.74, 6) is -2.00. The predicted octanol–water partition coefficient (Wildman–Crippen LogP) is 3.07. The predicted molar refractivity (Wildman–Crippen MR) is 88.1 cm³/mol. The number of carboxylic acid groups (broad SMARTS) is 1. The van der Waals surface area contributed by atoms with Crippen molar-refractivity contribution in [1.29, 1.82) is 0 Å². The molecule has 2 fully saturated rings. The summed E-state index contributed by atoms with van der Waals surface area (Å²) in [4.78, 5) is 26.5. The van der Waals surface area contributed by atoms with Gasteiger partial charge in [0, 0.05) is 13.1 Å². The average molecular weight is 325 g/mol. The zero-order valence-electron chi connectivity index (χ0n) is 14.5. The van der Waals surface area contributed by atoms with E-state index in [0.717, 1.165) is 64.5 Å². The van der Waals surface area contributed by atoms with Crippen molar-refractivity contribution in [2.45, 2.75) is 77.4 Å². The van der Waals surface area contributed by atoms with E-state index in [9.17, 15) is 14.7 Å². The van der Waals surface area contributed by atoms with Gasteiger partial charge in [0.05, 0.1) is 24.0 Å². The normalized spacial score (nSPS) is 29.0. The molecule has 2 saturated heterocycles. The van der Waals surface area contributed by atoms with Crippen LogP contribution < -0.4 is 0 Å². The van der Waals surface area contributed by atoms with Crippen molar-refractivity contribution in [2.24, 2.45) is 11.8 Å². The summed E-state index contributed by atoms with van der Waals surface area (Å²) in [5.41, 5.74) is 0. The first kappa shape index (κ1) is 18.2. The van der Waals surface area contributed by atoms with E-state index in [2.05, 4.69) is 13.8 Å². The summed E-state index contributed by atoms with van der Waals surface area (Å²) >= 11 is 0. The molecule has 0 aliphatic carbocycles. The van der Waals surface area contributed by atoms with E-state index in [0.29, 0.717) is 0 Å². The minimum absolute atomic E-state index is 0.0109. The minimum Gasteiger partial charge on any atom is -0.481 e. The molecule has 2 rings (SSSR count). The molecule has 132 valence electrons. The van der Waals surface area contributed by atoms with Gasteiger partial charge in [-0.15, -0.1) is 0 Å². The van der Waals surface area contributed by atoms with Crippen LogP contribution in [0.15, 0.2) is 0 Å². The lowest BCUT2D eigenvalue weighted by atomic mass is 9.78. The molecule has 2 heterocycles. The zero-order valence-corrected chi connectivity index (χ0v) is 14.5. The highest BCUT2D eigenvalue weighted by molar-refractivity contribution is 5.86. The second kappa shape index (κ2) is 8.67. The molecule has 5 heteroatoms. The fourth-order valence-corrected chi connectivity index (χ4v) is 3.95. The van der Waals surface area contributed by atoms with Crippen LogP contribution in [-0.2, 0) is 14.3 Å². The first-order valence-corrected chi connectivity index (χ1v) is 9.27. The van der Waals surface area contributed by atoms with E-state index >= 15 is 0 Å². The van der Waals surface area contributed by atoms with Gasteiger partial charge in [0.1, 0.15) is 0 Å². The van der Waals surface area contributed by atoms with Crippen molar-refractivity contribution in [3.8, 4) is 0 Å². The number of unbranched alkanes of at least 4 members (excludes halogenated alkanes) is 4. The van der Waals surface area contributed by atoms with Gasteiger partial charge in [-0.05, 0) is 25.7 Å². The number of amides is 1. The average Bonchev–Trinajstić information content (AvgIpc) is 3.14. The molecule has 23 heavy (non-hydrogen) atoms. The Hall–Kier alpha value is -1.10. The van der Waals surface area contributed by atoms with Crippen molar-refractivity contribution in [3.63, 3.8) is 0 Å². The lowest BCUT2D eigenvalue weighted by Gasteiger charge is -2.31. The Morgan fingerprint density at radius 1 is 0.957 bits per heavy atom. The molecule has 0 aromatic rings. The lowest BCUT2D eigenvalue weighted by Crippen LogP contribution is -2.46. The highest BCUT2D eigenvalue weighted by Crippen LogP contribution is 2.44. The van der Waals surface area contributed by atoms with Gasteiger partial charge in [0.25, 0.3) is 0 Å². The Balaban J connectivity index is 2.03. The molecule has 2 aliphatic rings. The highest BCUT2D eigenvalue weighted by Gasteiger charge is 2.56. The molecule has 0 radical (unpaired) electrons. The van der Waals surface area contributed by atoms with E-state index in [4.69, 9.17) is 4.74 Å². The maximum absolute atomic E-state index is 13.0. The molecule has 1 amide bonds. The van der Waals surface area contributed by atoms with Crippen molar-refractivity contribution in [3.05, 3.63) is 0 Å². The number of carboxylic acids is 1. The van der Waals surface area contributed by atoms with Gasteiger partial charge < -0.3 is 14.7 Å². The minimum atomic E-state index is -0.877. The Kier molecular flexibility index (Phi) is 6.88. The topological polar surface area (TPSA) is 66.8 Å². The monoisotopic (exact) mass is 325 g/mol. The number of hydrogen-bond acceptors (Lipinski definition) is 3. The largest absolute Gasteiger partial charge is 0.481 e. The van der Waals surface area contributed by atoms with Crippen LogP contribution in [0.2, 0.25) is 0 Å². The van der Waals surface area contributed by atoms with Crippen molar-refractivity contribution in [2.75, 3.05) is 13.1 Å². The summed E-state index contributed by atoms with van der Waals surface area (Å²) in [6, 6.07) is 0. The summed E-state index contributed by atoms with van der Waals surface area (Å²) in [5, 5.41) is 9.51. The zero-order chi connectivity index (χ0) is 16.8. The molecule has 1 N–H and O–H groups in total. The third-order valence-electron chi connectivity index (χ3n) is 5.22. The van der Waals surface area contributed by atoms with Crippen LogP contribution in [0.4, 0.5) is 0 Å². The fourth-order valence-electron chi connectivity index (χ4n) is 3.95. The van der Waals surface area contributed by atoms with Crippen LogP contribution in [-0.4, -0.2) is 47.2 Å². The van der Waals surface area contributed by atoms with Gasteiger partial charge in [-0.2, -0.15) is 0 Å². The third-order valence-corrected chi connectivity index (χ3v) is 5.22. The number of fused-ring (bicyclic) bond motifs is 2. The number of aliphatic carboxylic acids is 1. The van der Waals surface area contributed by atoms with Gasteiger partial charge in [-0.25, -0.2) is 0 Å². The van der Waals surface area contributed by atoms with Crippen LogP contribution in [0.5, 0.6) is 0 Å². The fraction of sp³-hybridized carbons (Fsp3) is 0.889. The third kappa shape index (κ3) is 4.25. The Morgan fingerprint density at radius 2 is 1.48 bits per heavy atom. The molecule has 0 saturated carbocycles. The Morgan fingerprint density at radius 3 is 1.96 bits per heavy atom. The van der Waals surface area contributed by atoms with Crippen molar-refractivity contribution < 1.29 is 19.4 Å². The Bertz CT molecular complexity index is 402. The van der Waals surface area contributed by atoms with Crippen molar-refractivity contribution >= 4 is 11.9 Å². The quantitative estimate of drug-likeness (QED) is 0.627. The first-order valence-electron chi connectivity index (χ1n) is 9.27. The molecule has 0 unspecified atom stereocenters. The smallest absolute Gasteiger partial charge is 0.310 e. The summed E-state index contributed by atoms with van der Waals surface area (Å²) in [6.45, 7) is 5.79. The molecule has 4 atom stereocenters. The number of hydrogen-bond donors (Lipinski definition) is 1. The lowest BCUT2D eigenvalue weighted by molar-refractivity contribution is -0.151. The molecule has 0 spiro atoms. The molecule has 0 aromatic heterocycles. The van der Waals surface area contributed by atoms with Crippen LogP contribution in [0.3, 0.4) is 0 Å². The van der Waals surface area contributed by atoms with Crippen LogP contribution in [0.25, 0.3) is 0 Å². The van der Waals surface area contributed by atoms with E-state index in [1.807, 2.05) is 4.90 Å². The van der Waals surface area contributed by atoms with E-state index in [1.165, 1.54) is 0 Å². The van der Waals surface area contributed by atoms with Crippen LogP contribution >= 0.6 is 0 Å². The summed E-state index contributed by atoms with van der Waals surface area (Å²) in [7, 11) is 0. The highest BCUT2D eigenvalue weighted by atomic mass is 16.5. The molecule has 2 bridgehead atoms. The van der Waals surface area contributed by atoms with Crippen LogP contribution in [0.1, 0.15) is 65.2 Å². The molecule has 0 aromatic carbocycles. The number of carbonyl (C=O) groups excluding carboxylic acids is 1. The molecular formula is C18H31NO4. The number of carbonyl (C=O) groups is 2. The van der Waals surface area contributed by atoms with E-state index in [-0.39, 0.29) is 18.1 Å². The van der Waals surface area contributed by atoms with Gasteiger partial charge in [-0.1, -0.05) is 39.5 Å². The standard InChI is InChI=1S/C18H31NO4/c1-3-5-7-11-19(12-8-6-4-2)17(20)15-13-9-10-14(23-13)16(15)18(21)22/h13-16H,3-12H2,1-2H3,(H,21,22)/t13-,14-,15-,16-/m1/s1. The number of rotatable bonds is 10. The SMILES string of the molecule is CCCCCN(CCCCC)C(=O)[C@H]1[C@H](C(=O)O)[C@H]2CC[C@H]1O2. The molecular weight excluding hydrogens is 294 g/mol. The van der Waals surface area contributed by atoms with Gasteiger partial charge >= 0.3 is 5.97 Å². The van der Waals surface area contributed by atoms with Gasteiger partial charge in [0.2, 0.25) is 5.91 Å². The van der Waals surface area contributed by atoms with E-state index < -0.39 is 17.8 Å². The van der Waals surface area contributed by atoms with Crippen molar-refractivity contribution in [1.82, 2.24) is 4.90 Å². The first-order chi connectivity index (χ1) is 11.1. The molecule has 5 nitrogen and oxygen atoms in total. The van der Waals surface area contributed by atoms with Gasteiger partial charge in [0.15, 0.2) is 0 Å². The van der Waals surface area contributed by atoms with Gasteiger partial charge in [-0.3, -0.25) is 9.59 Å². The summed E-state index contributed by atoms with van der Waals surface area (Å²) in [6.07, 6.45) is 7.58. The second-order valence-corrected chi connectivity index (χ2v) is 6.92. The second-order valence-electron chi connectivity index (χ2n) is 6.92.